The molecule has 1 aliphatic heterocycles. The van der Waals surface area contributed by atoms with Gasteiger partial charge in [0.1, 0.15) is 0 Å². The molecule has 9 nitrogen and oxygen atoms in total. The van der Waals surface area contributed by atoms with Crippen molar-refractivity contribution >= 4 is 22.5 Å². The minimum atomic E-state index is -0.525. The number of hydrogen-bond donors (Lipinski definition) is 2. The van der Waals surface area contributed by atoms with Gasteiger partial charge in [-0.05, 0) is 36.4 Å². The van der Waals surface area contributed by atoms with Crippen molar-refractivity contribution < 1.29 is 14.3 Å². The van der Waals surface area contributed by atoms with Crippen molar-refractivity contribution in [3.05, 3.63) is 62.8 Å². The van der Waals surface area contributed by atoms with Crippen molar-refractivity contribution in [2.75, 3.05) is 45.3 Å². The molecule has 0 unspecified atom stereocenters. The van der Waals surface area contributed by atoms with E-state index in [4.69, 9.17) is 9.47 Å². The van der Waals surface area contributed by atoms with Gasteiger partial charge in [0.2, 0.25) is 0 Å². The normalized spacial score (nSPS) is 14.1. The smallest absolute Gasteiger partial charge is 0.326 e. The van der Waals surface area contributed by atoms with Crippen LogP contribution >= 0.6 is 0 Å². The Bertz CT molecular complexity index is 1210. The van der Waals surface area contributed by atoms with Gasteiger partial charge >= 0.3 is 5.69 Å². The Kier molecular flexibility index (Phi) is 5.18. The maximum atomic E-state index is 12.9. The lowest BCUT2D eigenvalue weighted by atomic mass is 10.1. The molecule has 4 rings (SSSR count). The Morgan fingerprint density at radius 2 is 1.63 bits per heavy atom. The second-order valence-electron chi connectivity index (χ2n) is 6.99. The van der Waals surface area contributed by atoms with Crippen molar-refractivity contribution in [2.45, 2.75) is 0 Å². The van der Waals surface area contributed by atoms with Crippen LogP contribution in [0.15, 0.2) is 46.0 Å². The highest BCUT2D eigenvalue weighted by atomic mass is 16.5. The summed E-state index contributed by atoms with van der Waals surface area (Å²) >= 11 is 0. The Morgan fingerprint density at radius 1 is 0.900 bits per heavy atom. The molecule has 2 N–H and O–H groups in total. The van der Waals surface area contributed by atoms with E-state index in [-0.39, 0.29) is 5.91 Å². The van der Waals surface area contributed by atoms with Crippen LogP contribution in [-0.4, -0.2) is 61.2 Å². The van der Waals surface area contributed by atoms with Crippen LogP contribution in [0.2, 0.25) is 0 Å². The summed E-state index contributed by atoms with van der Waals surface area (Å²) in [6, 6.07) is 10.5. The average Bonchev–Trinajstić information content (AvgIpc) is 2.78. The maximum absolute atomic E-state index is 12.9. The summed E-state index contributed by atoms with van der Waals surface area (Å²) in [6.45, 7) is 2.36. The Hall–Kier alpha value is -3.75. The topological polar surface area (TPSA) is 108 Å². The number of methoxy groups -OCH3 is 2. The zero-order valence-electron chi connectivity index (χ0n) is 16.7. The molecule has 0 radical (unpaired) electrons. The zero-order valence-corrected chi connectivity index (χ0v) is 16.7. The van der Waals surface area contributed by atoms with Crippen LogP contribution in [0.5, 0.6) is 11.5 Å². The quantitative estimate of drug-likeness (QED) is 0.669. The molecule has 9 heteroatoms. The molecular weight excluding hydrogens is 388 g/mol. The molecule has 1 aliphatic rings. The van der Waals surface area contributed by atoms with Gasteiger partial charge in [-0.15, -0.1) is 0 Å². The van der Waals surface area contributed by atoms with E-state index in [1.54, 1.807) is 42.3 Å². The molecule has 0 bridgehead atoms. The van der Waals surface area contributed by atoms with E-state index in [9.17, 15) is 14.4 Å². The van der Waals surface area contributed by atoms with Crippen molar-refractivity contribution in [2.24, 2.45) is 0 Å². The number of benzene rings is 2. The molecule has 0 spiro atoms. The number of H-pyrrole nitrogens is 2. The zero-order chi connectivity index (χ0) is 21.3. The Balaban J connectivity index is 1.49. The van der Waals surface area contributed by atoms with E-state index in [0.29, 0.717) is 54.1 Å². The number of piperazine rings is 1. The minimum absolute atomic E-state index is 0.0665. The summed E-state index contributed by atoms with van der Waals surface area (Å²) in [5.74, 6) is 1.02. The van der Waals surface area contributed by atoms with Crippen LogP contribution in [0, 0.1) is 0 Å². The van der Waals surface area contributed by atoms with Crippen LogP contribution in [0.4, 0.5) is 5.69 Å². The number of aromatic nitrogens is 2. The van der Waals surface area contributed by atoms with Gasteiger partial charge in [0, 0.05) is 37.4 Å². The number of amides is 1. The van der Waals surface area contributed by atoms with E-state index >= 15 is 0 Å². The highest BCUT2D eigenvalue weighted by molar-refractivity contribution is 5.95. The number of hydrogen-bond acceptors (Lipinski definition) is 6. The first-order chi connectivity index (χ1) is 14.5. The van der Waals surface area contributed by atoms with Gasteiger partial charge in [0.05, 0.1) is 25.1 Å². The van der Waals surface area contributed by atoms with Crippen LogP contribution in [0.3, 0.4) is 0 Å². The standard InChI is InChI=1S/C21H22N4O5/c1-29-17-6-3-13(11-18(17)30-2)20(27)25-9-7-24(8-10-25)14-4-5-16-15(12-14)19(26)23-21(28)22-16/h3-6,11-12H,7-10H2,1-2H3,(H2,22,23,26,28). The van der Waals surface area contributed by atoms with E-state index in [1.165, 1.54) is 7.11 Å². The van der Waals surface area contributed by atoms with Crippen molar-refractivity contribution in [3.63, 3.8) is 0 Å². The molecule has 3 aromatic rings. The highest BCUT2D eigenvalue weighted by Gasteiger charge is 2.23. The second kappa shape index (κ2) is 7.94. The van der Waals surface area contributed by atoms with E-state index in [1.807, 2.05) is 6.07 Å². The van der Waals surface area contributed by atoms with Crippen LogP contribution in [-0.2, 0) is 0 Å². The number of carbonyl (C=O) groups excluding carboxylic acids is 1. The molecule has 156 valence electrons. The highest BCUT2D eigenvalue weighted by Crippen LogP contribution is 2.28. The SMILES string of the molecule is COc1ccc(C(=O)N2CCN(c3ccc4[nH]c(=O)[nH]c(=O)c4c3)CC2)cc1OC. The number of ether oxygens (including phenoxy) is 2. The number of fused-ring (bicyclic) bond motifs is 1. The van der Waals surface area contributed by atoms with Gasteiger partial charge in [-0.1, -0.05) is 0 Å². The number of nitrogens with zero attached hydrogens (tertiary/aromatic N) is 2. The number of rotatable bonds is 4. The van der Waals surface area contributed by atoms with Gasteiger partial charge in [0.25, 0.3) is 11.5 Å². The first-order valence-corrected chi connectivity index (χ1v) is 9.53. The van der Waals surface area contributed by atoms with Gasteiger partial charge in [0.15, 0.2) is 11.5 Å². The van der Waals surface area contributed by atoms with Gasteiger partial charge < -0.3 is 24.3 Å². The molecule has 1 fully saturated rings. The van der Waals surface area contributed by atoms with E-state index in [2.05, 4.69) is 14.9 Å². The first kappa shape index (κ1) is 19.6. The molecule has 0 aliphatic carbocycles. The van der Waals surface area contributed by atoms with E-state index in [0.717, 1.165) is 5.69 Å². The first-order valence-electron chi connectivity index (χ1n) is 9.53. The predicted octanol–water partition coefficient (Wildman–Crippen LogP) is 1.20. The number of anilines is 1. The van der Waals surface area contributed by atoms with Crippen LogP contribution in [0.25, 0.3) is 10.9 Å². The molecule has 1 amide bonds. The van der Waals surface area contributed by atoms with Crippen molar-refractivity contribution in [1.29, 1.82) is 0 Å². The van der Waals surface area contributed by atoms with Gasteiger partial charge in [-0.25, -0.2) is 4.79 Å². The third-order valence-corrected chi connectivity index (χ3v) is 5.29. The molecule has 2 heterocycles. The molecular formula is C21H22N4O5. The minimum Gasteiger partial charge on any atom is -0.493 e. The van der Waals surface area contributed by atoms with Crippen LogP contribution < -0.4 is 25.6 Å². The molecule has 1 saturated heterocycles. The lowest BCUT2D eigenvalue weighted by Crippen LogP contribution is -2.48. The molecule has 30 heavy (non-hydrogen) atoms. The molecule has 2 aromatic carbocycles. The molecule has 0 saturated carbocycles. The summed E-state index contributed by atoms with van der Waals surface area (Å²) in [5.41, 5.74) is 0.968. The summed E-state index contributed by atoms with van der Waals surface area (Å²) < 4.78 is 10.5. The monoisotopic (exact) mass is 410 g/mol. The summed E-state index contributed by atoms with van der Waals surface area (Å²) in [5, 5.41) is 0.427. The number of aromatic amines is 2. The number of carbonyl (C=O) groups is 1. The van der Waals surface area contributed by atoms with Crippen molar-refractivity contribution in [3.8, 4) is 11.5 Å². The third-order valence-electron chi connectivity index (χ3n) is 5.29. The predicted molar refractivity (Wildman–Crippen MR) is 113 cm³/mol. The number of nitrogens with one attached hydrogen (secondary N) is 2. The molecule has 1 aromatic heterocycles. The van der Waals surface area contributed by atoms with Crippen LogP contribution in [0.1, 0.15) is 10.4 Å². The van der Waals surface area contributed by atoms with Gasteiger partial charge in [-0.3, -0.25) is 14.6 Å². The fraction of sp³-hybridized carbons (Fsp3) is 0.286. The Labute approximate surface area is 171 Å². The summed E-state index contributed by atoms with van der Waals surface area (Å²) in [4.78, 5) is 45.1. The lowest BCUT2D eigenvalue weighted by molar-refractivity contribution is 0.0746. The average molecular weight is 410 g/mol. The second-order valence-corrected chi connectivity index (χ2v) is 6.99. The van der Waals surface area contributed by atoms with E-state index < -0.39 is 11.2 Å². The van der Waals surface area contributed by atoms with Gasteiger partial charge in [-0.2, -0.15) is 0 Å². The fourth-order valence-corrected chi connectivity index (χ4v) is 3.67. The fourth-order valence-electron chi connectivity index (χ4n) is 3.67. The Morgan fingerprint density at radius 3 is 2.33 bits per heavy atom. The molecule has 0 atom stereocenters. The summed E-state index contributed by atoms with van der Waals surface area (Å²) in [6.07, 6.45) is 0. The lowest BCUT2D eigenvalue weighted by Gasteiger charge is -2.36. The van der Waals surface area contributed by atoms with Crippen molar-refractivity contribution in [1.82, 2.24) is 14.9 Å². The third kappa shape index (κ3) is 3.61. The maximum Gasteiger partial charge on any atom is 0.326 e. The summed E-state index contributed by atoms with van der Waals surface area (Å²) in [7, 11) is 3.09. The largest absolute Gasteiger partial charge is 0.493 e.